The molecule has 0 N–H and O–H groups in total. The summed E-state index contributed by atoms with van der Waals surface area (Å²) in [7, 11) is 2.25. The van der Waals surface area contributed by atoms with Gasteiger partial charge in [0.15, 0.2) is 0 Å². The van der Waals surface area contributed by atoms with Crippen molar-refractivity contribution in [1.82, 2.24) is 14.4 Å². The van der Waals surface area contributed by atoms with E-state index in [1.807, 2.05) is 0 Å². The predicted octanol–water partition coefficient (Wildman–Crippen LogP) is 4.20. The lowest BCUT2D eigenvalue weighted by Gasteiger charge is -2.39. The first-order chi connectivity index (χ1) is 12.0. The number of likely N-dealkylation sites (N-methyl/N-ethyl adjacent to an activating group) is 1. The Morgan fingerprint density at radius 2 is 1.84 bits per heavy atom. The van der Waals surface area contributed by atoms with Crippen molar-refractivity contribution in [2.75, 3.05) is 20.1 Å². The van der Waals surface area contributed by atoms with Crippen LogP contribution in [0.4, 0.5) is 0 Å². The molecule has 1 aromatic carbocycles. The van der Waals surface area contributed by atoms with Gasteiger partial charge in [-0.15, -0.1) is 0 Å². The van der Waals surface area contributed by atoms with Gasteiger partial charge in [-0.05, 0) is 58.4 Å². The number of aryl methyl sites for hydroxylation is 1. The molecule has 0 aliphatic carbocycles. The first-order valence-corrected chi connectivity index (χ1v) is 10.1. The first-order valence-electron chi connectivity index (χ1n) is 10.1. The van der Waals surface area contributed by atoms with Gasteiger partial charge in [0, 0.05) is 61.3 Å². The van der Waals surface area contributed by atoms with E-state index in [0.29, 0.717) is 0 Å². The van der Waals surface area contributed by atoms with Crippen LogP contribution in [0.1, 0.15) is 49.9 Å². The maximum absolute atomic E-state index is 2.74. The van der Waals surface area contributed by atoms with Gasteiger partial charge in [0.05, 0.1) is 0 Å². The minimum absolute atomic E-state index is 0.731. The van der Waals surface area contributed by atoms with E-state index in [9.17, 15) is 0 Å². The summed E-state index contributed by atoms with van der Waals surface area (Å²) in [5, 5.41) is 1.49. The van der Waals surface area contributed by atoms with E-state index in [4.69, 9.17) is 0 Å². The Kier molecular flexibility index (Phi) is 4.63. The molecule has 0 radical (unpaired) electrons. The molecular formula is C22H33N3. The highest BCUT2D eigenvalue weighted by Gasteiger charge is 2.26. The Balaban J connectivity index is 1.67. The van der Waals surface area contributed by atoms with Crippen LogP contribution in [0.2, 0.25) is 0 Å². The summed E-state index contributed by atoms with van der Waals surface area (Å²) < 4.78 is 2.64. The summed E-state index contributed by atoms with van der Waals surface area (Å²) >= 11 is 0. The topological polar surface area (TPSA) is 11.4 Å². The van der Waals surface area contributed by atoms with E-state index in [1.165, 1.54) is 55.2 Å². The molecule has 1 saturated heterocycles. The van der Waals surface area contributed by atoms with Gasteiger partial charge in [-0.3, -0.25) is 4.90 Å². The van der Waals surface area contributed by atoms with Crippen molar-refractivity contribution >= 4 is 10.9 Å². The number of aromatic nitrogens is 1. The van der Waals surface area contributed by atoms with Crippen molar-refractivity contribution in [3.8, 4) is 0 Å². The highest BCUT2D eigenvalue weighted by Crippen LogP contribution is 2.32. The SMILES string of the molecule is Cc1ccc2c(c1)c1c(n2CCN2C(C)CCCC2C)CCN(C)C1. The number of benzene rings is 1. The highest BCUT2D eigenvalue weighted by molar-refractivity contribution is 5.86. The summed E-state index contributed by atoms with van der Waals surface area (Å²) in [6, 6.07) is 8.49. The van der Waals surface area contributed by atoms with Crippen LogP contribution in [0.15, 0.2) is 18.2 Å². The zero-order chi connectivity index (χ0) is 17.6. The standard InChI is InChI=1S/C22H33N3/c1-16-8-9-21-19(14-16)20-15-23(4)11-10-22(20)25(21)13-12-24-17(2)6-5-7-18(24)3/h8-9,14,17-18H,5-7,10-13,15H2,1-4H3. The van der Waals surface area contributed by atoms with Gasteiger partial charge in [-0.1, -0.05) is 18.1 Å². The van der Waals surface area contributed by atoms with Crippen LogP contribution < -0.4 is 0 Å². The van der Waals surface area contributed by atoms with Crippen LogP contribution in [-0.4, -0.2) is 46.6 Å². The molecule has 25 heavy (non-hydrogen) atoms. The fourth-order valence-electron chi connectivity index (χ4n) is 5.09. The molecule has 3 nitrogen and oxygen atoms in total. The number of hydrogen-bond donors (Lipinski definition) is 0. The molecule has 136 valence electrons. The van der Waals surface area contributed by atoms with Crippen molar-refractivity contribution in [2.24, 2.45) is 0 Å². The molecule has 1 aromatic heterocycles. The van der Waals surface area contributed by atoms with Crippen LogP contribution in [0.25, 0.3) is 10.9 Å². The second-order valence-electron chi connectivity index (χ2n) is 8.45. The Morgan fingerprint density at radius 1 is 1.08 bits per heavy atom. The number of likely N-dealkylation sites (tertiary alicyclic amines) is 1. The molecule has 4 rings (SSSR count). The maximum atomic E-state index is 2.74. The normalized spacial score (nSPS) is 25.4. The van der Waals surface area contributed by atoms with Crippen LogP contribution in [0, 0.1) is 6.92 Å². The molecule has 0 spiro atoms. The summed E-state index contributed by atoms with van der Waals surface area (Å²) in [4.78, 5) is 5.20. The van der Waals surface area contributed by atoms with Gasteiger partial charge in [-0.2, -0.15) is 0 Å². The average Bonchev–Trinajstić information content (AvgIpc) is 2.87. The average molecular weight is 340 g/mol. The molecule has 2 aromatic rings. The van der Waals surface area contributed by atoms with E-state index >= 15 is 0 Å². The molecule has 3 heteroatoms. The van der Waals surface area contributed by atoms with Crippen molar-refractivity contribution in [2.45, 2.75) is 71.6 Å². The monoisotopic (exact) mass is 339 g/mol. The van der Waals surface area contributed by atoms with E-state index in [-0.39, 0.29) is 0 Å². The molecule has 2 unspecified atom stereocenters. The number of hydrogen-bond acceptors (Lipinski definition) is 2. The summed E-state index contributed by atoms with van der Waals surface area (Å²) in [6.45, 7) is 11.6. The van der Waals surface area contributed by atoms with Crippen LogP contribution in [0.3, 0.4) is 0 Å². The van der Waals surface area contributed by atoms with E-state index < -0.39 is 0 Å². The molecule has 0 bridgehead atoms. The Morgan fingerprint density at radius 3 is 2.60 bits per heavy atom. The lowest BCUT2D eigenvalue weighted by atomic mass is 9.97. The third-order valence-corrected chi connectivity index (χ3v) is 6.56. The summed E-state index contributed by atoms with van der Waals surface area (Å²) in [6.07, 6.45) is 5.30. The molecule has 1 fully saturated rings. The Labute approximate surface area is 152 Å². The van der Waals surface area contributed by atoms with Crippen LogP contribution in [0.5, 0.6) is 0 Å². The fourth-order valence-corrected chi connectivity index (χ4v) is 5.09. The highest BCUT2D eigenvalue weighted by atomic mass is 15.2. The van der Waals surface area contributed by atoms with Gasteiger partial charge < -0.3 is 9.47 Å². The molecule has 2 aliphatic rings. The summed E-state index contributed by atoms with van der Waals surface area (Å²) in [5.41, 5.74) is 5.99. The van der Waals surface area contributed by atoms with Crippen molar-refractivity contribution < 1.29 is 0 Å². The second kappa shape index (κ2) is 6.77. The molecule has 0 amide bonds. The van der Waals surface area contributed by atoms with Crippen molar-refractivity contribution in [3.63, 3.8) is 0 Å². The fraction of sp³-hybridized carbons (Fsp3) is 0.636. The third-order valence-electron chi connectivity index (χ3n) is 6.56. The zero-order valence-corrected chi connectivity index (χ0v) is 16.4. The quantitative estimate of drug-likeness (QED) is 0.830. The molecule has 2 aliphatic heterocycles. The minimum Gasteiger partial charge on any atom is -0.343 e. The molecule has 2 atom stereocenters. The number of nitrogens with zero attached hydrogens (tertiary/aromatic N) is 3. The largest absolute Gasteiger partial charge is 0.343 e. The van der Waals surface area contributed by atoms with E-state index in [0.717, 1.165) is 25.2 Å². The minimum atomic E-state index is 0.731. The predicted molar refractivity (Wildman–Crippen MR) is 106 cm³/mol. The van der Waals surface area contributed by atoms with Crippen LogP contribution >= 0.6 is 0 Å². The number of rotatable bonds is 3. The van der Waals surface area contributed by atoms with E-state index in [1.54, 1.807) is 11.3 Å². The Hall–Kier alpha value is -1.32. The zero-order valence-electron chi connectivity index (χ0n) is 16.4. The molecule has 0 saturated carbocycles. The van der Waals surface area contributed by atoms with Gasteiger partial charge in [0.25, 0.3) is 0 Å². The molecular weight excluding hydrogens is 306 g/mol. The van der Waals surface area contributed by atoms with Crippen molar-refractivity contribution in [1.29, 1.82) is 0 Å². The Bertz CT molecular complexity index is 750. The van der Waals surface area contributed by atoms with Crippen molar-refractivity contribution in [3.05, 3.63) is 35.0 Å². The molecule has 3 heterocycles. The first kappa shape index (κ1) is 17.1. The van der Waals surface area contributed by atoms with Gasteiger partial charge in [0.2, 0.25) is 0 Å². The van der Waals surface area contributed by atoms with Gasteiger partial charge >= 0.3 is 0 Å². The second-order valence-corrected chi connectivity index (χ2v) is 8.45. The maximum Gasteiger partial charge on any atom is 0.0486 e. The third kappa shape index (κ3) is 3.13. The van der Waals surface area contributed by atoms with E-state index in [2.05, 4.69) is 60.4 Å². The van der Waals surface area contributed by atoms with Crippen LogP contribution in [-0.2, 0) is 19.5 Å². The lowest BCUT2D eigenvalue weighted by Crippen LogP contribution is -2.45. The number of piperidine rings is 1. The van der Waals surface area contributed by atoms with Gasteiger partial charge in [-0.25, -0.2) is 0 Å². The lowest BCUT2D eigenvalue weighted by molar-refractivity contribution is 0.0991. The number of fused-ring (bicyclic) bond motifs is 3. The smallest absolute Gasteiger partial charge is 0.0486 e. The summed E-state index contributed by atoms with van der Waals surface area (Å²) in [5.74, 6) is 0. The van der Waals surface area contributed by atoms with Gasteiger partial charge in [0.1, 0.15) is 0 Å².